The molecule has 2 aliphatic heterocycles. The molecule has 50 heavy (non-hydrogen) atoms. The van der Waals surface area contributed by atoms with Gasteiger partial charge in [0.25, 0.3) is 0 Å². The van der Waals surface area contributed by atoms with E-state index in [1.165, 1.54) is 22.4 Å². The second-order valence-electron chi connectivity index (χ2n) is 13.8. The predicted octanol–water partition coefficient (Wildman–Crippen LogP) is 6.27. The molecule has 274 valence electrons. The van der Waals surface area contributed by atoms with Crippen molar-refractivity contribution in [3.63, 3.8) is 0 Å². The number of rotatable bonds is 12. The number of benzene rings is 2. The van der Waals surface area contributed by atoms with Gasteiger partial charge in [-0.25, -0.2) is 9.99 Å². The van der Waals surface area contributed by atoms with Gasteiger partial charge in [0.05, 0.1) is 16.1 Å². The van der Waals surface area contributed by atoms with Crippen LogP contribution in [0.5, 0.6) is 0 Å². The van der Waals surface area contributed by atoms with Gasteiger partial charge in [0.1, 0.15) is 18.6 Å². The molecule has 0 spiro atoms. The Morgan fingerprint density at radius 1 is 1.00 bits per heavy atom. The number of aromatic nitrogens is 1. The van der Waals surface area contributed by atoms with Gasteiger partial charge in [-0.2, -0.15) is 0 Å². The van der Waals surface area contributed by atoms with Crippen molar-refractivity contribution in [3.05, 3.63) is 89.1 Å². The van der Waals surface area contributed by atoms with Crippen molar-refractivity contribution in [3.8, 4) is 10.4 Å². The van der Waals surface area contributed by atoms with E-state index in [1.807, 2.05) is 61.9 Å². The Kier molecular flexibility index (Phi) is 20.3. The molecule has 0 bridgehead atoms. The van der Waals surface area contributed by atoms with Gasteiger partial charge in [-0.05, 0) is 93.4 Å². The zero-order valence-corrected chi connectivity index (χ0v) is 31.9. The topological polar surface area (TPSA) is 115 Å². The highest BCUT2D eigenvalue weighted by Crippen LogP contribution is 2.27. The lowest BCUT2D eigenvalue weighted by Crippen LogP contribution is -2.47. The molecule has 10 heteroatoms. The monoisotopic (exact) mass is 704 g/mol. The zero-order valence-electron chi connectivity index (χ0n) is 31.1. The van der Waals surface area contributed by atoms with Crippen LogP contribution in [0, 0.1) is 18.3 Å². The molecule has 2 atom stereocenters. The second-order valence-corrected chi connectivity index (χ2v) is 14.6. The van der Waals surface area contributed by atoms with E-state index in [4.69, 9.17) is 0 Å². The summed E-state index contributed by atoms with van der Waals surface area (Å²) in [6.07, 6.45) is 9.40. The lowest BCUT2D eigenvalue weighted by Gasteiger charge is -2.22. The van der Waals surface area contributed by atoms with Gasteiger partial charge in [-0.1, -0.05) is 75.4 Å². The number of thiazole rings is 1. The zero-order chi connectivity index (χ0) is 36.8. The second kappa shape index (κ2) is 23.8. The minimum atomic E-state index is -0.0564. The fourth-order valence-corrected chi connectivity index (χ4v) is 6.36. The molecule has 2 aliphatic rings. The molecule has 1 aromatic heterocycles. The largest absolute Gasteiger partial charge is 0.351 e. The quantitative estimate of drug-likeness (QED) is 0.129. The molecular formula is C40H60N6O3S. The number of hydrogen-bond donors (Lipinski definition) is 4. The summed E-state index contributed by atoms with van der Waals surface area (Å²) in [5.74, 6) is 0.728. The molecule has 5 rings (SSSR count). The van der Waals surface area contributed by atoms with Gasteiger partial charge in [0.15, 0.2) is 0 Å². The molecule has 2 saturated heterocycles. The molecule has 0 radical (unpaired) electrons. The Bertz CT molecular complexity index is 1400. The van der Waals surface area contributed by atoms with Crippen molar-refractivity contribution >= 4 is 29.8 Å². The summed E-state index contributed by atoms with van der Waals surface area (Å²) in [5.41, 5.74) is 11.1. The number of hydrazine groups is 1. The van der Waals surface area contributed by atoms with Crippen molar-refractivity contribution in [2.75, 3.05) is 33.7 Å². The van der Waals surface area contributed by atoms with Crippen LogP contribution in [-0.2, 0) is 33.9 Å². The van der Waals surface area contributed by atoms with Crippen LogP contribution in [0.4, 0.5) is 0 Å². The fraction of sp³-hybridized carbons (Fsp3) is 0.500. The summed E-state index contributed by atoms with van der Waals surface area (Å²) < 4.78 is 0. The number of carbonyl (C=O) groups is 3. The molecule has 1 amide bonds. The van der Waals surface area contributed by atoms with E-state index >= 15 is 0 Å². The van der Waals surface area contributed by atoms with Crippen LogP contribution >= 0.6 is 11.3 Å². The van der Waals surface area contributed by atoms with E-state index < -0.39 is 0 Å². The predicted molar refractivity (Wildman–Crippen MR) is 208 cm³/mol. The number of carbonyl (C=O) groups excluding carboxylic acids is 3. The number of aryl methyl sites for hydroxylation is 1. The molecule has 0 aliphatic carbocycles. The molecule has 3 aromatic rings. The van der Waals surface area contributed by atoms with Gasteiger partial charge in [0, 0.05) is 32.5 Å². The first-order valence-electron chi connectivity index (χ1n) is 17.7. The van der Waals surface area contributed by atoms with Crippen molar-refractivity contribution < 1.29 is 14.4 Å². The third-order valence-electron chi connectivity index (χ3n) is 8.34. The minimum absolute atomic E-state index is 0.0564. The first-order valence-corrected chi connectivity index (χ1v) is 18.6. The Balaban J connectivity index is 0.000000267. The number of nitrogens with zero attached hydrogens (tertiary/aromatic N) is 2. The minimum Gasteiger partial charge on any atom is -0.351 e. The fourth-order valence-electron chi connectivity index (χ4n) is 5.55. The lowest BCUT2D eigenvalue weighted by atomic mass is 9.93. The maximum atomic E-state index is 12.3. The SMILES string of the molecule is C=CCC(C)(C)C.CNCc1ccc(CC=O)cc1.CNN1CCCC1C(=O)NCc1ccc(-c2scnc2C)cc1.O=CCC1CCNC1. The van der Waals surface area contributed by atoms with Gasteiger partial charge in [-0.15, -0.1) is 17.9 Å². The van der Waals surface area contributed by atoms with Crippen molar-refractivity contribution in [1.29, 1.82) is 0 Å². The number of nitrogens with one attached hydrogen (secondary N) is 4. The Labute approximate surface area is 304 Å². The van der Waals surface area contributed by atoms with E-state index in [1.54, 1.807) is 11.3 Å². The number of allylic oxidation sites excluding steroid dienone is 1. The van der Waals surface area contributed by atoms with E-state index in [-0.39, 0.29) is 11.9 Å². The van der Waals surface area contributed by atoms with E-state index in [9.17, 15) is 14.4 Å². The Morgan fingerprint density at radius 2 is 1.66 bits per heavy atom. The van der Waals surface area contributed by atoms with E-state index in [0.29, 0.717) is 24.3 Å². The van der Waals surface area contributed by atoms with E-state index in [0.717, 1.165) is 81.3 Å². The molecule has 9 nitrogen and oxygen atoms in total. The van der Waals surface area contributed by atoms with Crippen LogP contribution in [0.25, 0.3) is 10.4 Å². The highest BCUT2D eigenvalue weighted by atomic mass is 32.1. The third kappa shape index (κ3) is 16.4. The smallest absolute Gasteiger partial charge is 0.239 e. The van der Waals surface area contributed by atoms with Crippen LogP contribution in [0.1, 0.15) is 75.3 Å². The standard InChI is InChI=1S/C17H22N4OS.C10H13NO.C7H14.C6H11NO/c1-12-16(23-11-20-12)14-7-5-13(6-8-14)10-19-17(22)15-4-3-9-21(15)18-2;1-11-8-10-4-2-9(3-5-10)6-7-12;1-5-6-7(2,3)4;8-4-2-6-1-3-7-5-6/h5-8,11,15,18H,3-4,9-10H2,1-2H3,(H,19,22);2-5,7,11H,6,8H2,1H3;5H,1,6H2,2-4H3;4,6-7H,1-3,5H2. The normalized spacial score (nSPS) is 16.8. The van der Waals surface area contributed by atoms with Crippen LogP contribution in [0.15, 0.2) is 66.7 Å². The molecule has 4 N–H and O–H groups in total. The maximum absolute atomic E-state index is 12.3. The van der Waals surface area contributed by atoms with Gasteiger partial charge in [0.2, 0.25) is 5.91 Å². The molecule has 0 saturated carbocycles. The number of amides is 1. The first kappa shape index (κ1) is 42.6. The average molecular weight is 705 g/mol. The summed E-state index contributed by atoms with van der Waals surface area (Å²) in [7, 11) is 3.78. The number of aldehydes is 2. The average Bonchev–Trinajstić information content (AvgIpc) is 3.89. The summed E-state index contributed by atoms with van der Waals surface area (Å²) in [5, 5.41) is 11.3. The van der Waals surface area contributed by atoms with Crippen molar-refractivity contribution in [2.24, 2.45) is 11.3 Å². The van der Waals surface area contributed by atoms with Crippen molar-refractivity contribution in [1.82, 2.24) is 31.4 Å². The number of hydrogen-bond acceptors (Lipinski definition) is 9. The lowest BCUT2D eigenvalue weighted by molar-refractivity contribution is -0.126. The third-order valence-corrected chi connectivity index (χ3v) is 9.32. The summed E-state index contributed by atoms with van der Waals surface area (Å²) in [4.78, 5) is 37.9. The Morgan fingerprint density at radius 3 is 2.16 bits per heavy atom. The van der Waals surface area contributed by atoms with E-state index in [2.05, 4.69) is 78.0 Å². The molecule has 2 fully saturated rings. The molecule has 3 heterocycles. The summed E-state index contributed by atoms with van der Waals surface area (Å²) >= 11 is 1.65. The van der Waals surface area contributed by atoms with Crippen LogP contribution in [0.3, 0.4) is 0 Å². The highest BCUT2D eigenvalue weighted by molar-refractivity contribution is 7.13. The molecule has 2 aromatic carbocycles. The Hall–Kier alpha value is -3.54. The molecule has 2 unspecified atom stereocenters. The van der Waals surface area contributed by atoms with Crippen LogP contribution in [0.2, 0.25) is 0 Å². The van der Waals surface area contributed by atoms with Gasteiger partial charge >= 0.3 is 0 Å². The van der Waals surface area contributed by atoms with Crippen molar-refractivity contribution in [2.45, 2.75) is 85.4 Å². The summed E-state index contributed by atoms with van der Waals surface area (Å²) in [6.45, 7) is 16.8. The summed E-state index contributed by atoms with van der Waals surface area (Å²) in [6, 6.07) is 16.3. The van der Waals surface area contributed by atoms with Gasteiger partial charge in [-0.3, -0.25) is 10.2 Å². The van der Waals surface area contributed by atoms with Crippen LogP contribution in [-0.4, -0.2) is 68.2 Å². The maximum Gasteiger partial charge on any atom is 0.239 e. The van der Waals surface area contributed by atoms with Crippen LogP contribution < -0.4 is 21.4 Å². The van der Waals surface area contributed by atoms with Gasteiger partial charge < -0.3 is 25.5 Å². The first-order chi connectivity index (χ1) is 24.0. The highest BCUT2D eigenvalue weighted by Gasteiger charge is 2.29. The molecular weight excluding hydrogens is 645 g/mol.